The monoisotopic (exact) mass is 483 g/mol. The summed E-state index contributed by atoms with van der Waals surface area (Å²) in [6.45, 7) is 5.31. The van der Waals surface area contributed by atoms with Crippen molar-refractivity contribution < 1.29 is 13.2 Å². The van der Waals surface area contributed by atoms with Gasteiger partial charge in [0, 0.05) is 42.6 Å². The SMILES string of the molecule is CCc1cc(C(=O)N[C@H]2CCN(S(=O)(=O)N3CCC(N)CC3)[C@@H](C)C2)ns1.S.S. The largest absolute Gasteiger partial charge is 0.348 e. The summed E-state index contributed by atoms with van der Waals surface area (Å²) in [5.41, 5.74) is 6.34. The van der Waals surface area contributed by atoms with Gasteiger partial charge < -0.3 is 11.1 Å². The molecule has 2 saturated heterocycles. The van der Waals surface area contributed by atoms with Gasteiger partial charge in [0.15, 0.2) is 0 Å². The lowest BCUT2D eigenvalue weighted by Crippen LogP contribution is -2.56. The van der Waals surface area contributed by atoms with Crippen LogP contribution in [-0.2, 0) is 16.6 Å². The van der Waals surface area contributed by atoms with E-state index in [1.165, 1.54) is 11.5 Å². The topological polar surface area (TPSA) is 109 Å². The number of rotatable bonds is 5. The van der Waals surface area contributed by atoms with Gasteiger partial charge in [-0.25, -0.2) is 0 Å². The van der Waals surface area contributed by atoms with Gasteiger partial charge in [0.1, 0.15) is 5.69 Å². The number of aryl methyl sites for hydroxylation is 1. The molecule has 29 heavy (non-hydrogen) atoms. The molecule has 168 valence electrons. The first-order valence-corrected chi connectivity index (χ1v) is 11.8. The van der Waals surface area contributed by atoms with Crippen LogP contribution in [0.25, 0.3) is 0 Å². The lowest BCUT2D eigenvalue weighted by Gasteiger charge is -2.40. The number of aromatic nitrogens is 1. The van der Waals surface area contributed by atoms with Crippen LogP contribution in [-0.4, -0.2) is 65.1 Å². The zero-order valence-corrected chi connectivity index (χ0v) is 20.6. The molecule has 0 radical (unpaired) electrons. The highest BCUT2D eigenvalue weighted by molar-refractivity contribution is 7.86. The van der Waals surface area contributed by atoms with Crippen LogP contribution in [0.4, 0.5) is 0 Å². The predicted molar refractivity (Wildman–Crippen MR) is 127 cm³/mol. The highest BCUT2D eigenvalue weighted by atomic mass is 32.2. The molecule has 1 aromatic heterocycles. The molecule has 1 amide bonds. The fourth-order valence-electron chi connectivity index (χ4n) is 3.73. The van der Waals surface area contributed by atoms with Gasteiger partial charge in [-0.2, -0.15) is 48.4 Å². The van der Waals surface area contributed by atoms with E-state index in [0.717, 1.165) is 11.3 Å². The quantitative estimate of drug-likeness (QED) is 0.654. The fourth-order valence-corrected chi connectivity index (χ4v) is 6.22. The first kappa shape index (κ1) is 26.7. The lowest BCUT2D eigenvalue weighted by molar-refractivity contribution is 0.0908. The molecule has 8 nitrogen and oxygen atoms in total. The van der Waals surface area contributed by atoms with Crippen LogP contribution in [0.1, 0.15) is 54.9 Å². The summed E-state index contributed by atoms with van der Waals surface area (Å²) >= 11 is 1.35. The van der Waals surface area contributed by atoms with Crippen LogP contribution >= 0.6 is 38.5 Å². The van der Waals surface area contributed by atoms with Gasteiger partial charge in [0.2, 0.25) is 0 Å². The third-order valence-corrected chi connectivity index (χ3v) is 8.49. The van der Waals surface area contributed by atoms with E-state index in [9.17, 15) is 13.2 Å². The lowest BCUT2D eigenvalue weighted by atomic mass is 10.0. The zero-order chi connectivity index (χ0) is 19.6. The third kappa shape index (κ3) is 6.31. The summed E-state index contributed by atoms with van der Waals surface area (Å²) in [7, 11) is -3.47. The third-order valence-electron chi connectivity index (χ3n) is 5.41. The first-order valence-electron chi connectivity index (χ1n) is 9.60. The highest BCUT2D eigenvalue weighted by Gasteiger charge is 2.38. The highest BCUT2D eigenvalue weighted by Crippen LogP contribution is 2.25. The second-order valence-electron chi connectivity index (χ2n) is 7.43. The van der Waals surface area contributed by atoms with Crippen LogP contribution < -0.4 is 11.1 Å². The average Bonchev–Trinajstić information content (AvgIpc) is 3.11. The molecular formula is C17H33N5O3S4. The minimum absolute atomic E-state index is 0. The minimum atomic E-state index is -3.47. The van der Waals surface area contributed by atoms with Crippen molar-refractivity contribution in [1.82, 2.24) is 18.3 Å². The van der Waals surface area contributed by atoms with Crippen LogP contribution in [0.2, 0.25) is 0 Å². The van der Waals surface area contributed by atoms with Crippen molar-refractivity contribution in [2.45, 2.75) is 64.1 Å². The van der Waals surface area contributed by atoms with Gasteiger partial charge >= 0.3 is 0 Å². The van der Waals surface area contributed by atoms with E-state index >= 15 is 0 Å². The molecule has 1 aromatic rings. The second kappa shape index (κ2) is 11.3. The Kier molecular flexibility index (Phi) is 10.4. The summed E-state index contributed by atoms with van der Waals surface area (Å²) in [5, 5.41) is 3.01. The van der Waals surface area contributed by atoms with E-state index in [4.69, 9.17) is 5.73 Å². The molecule has 0 spiro atoms. The molecular weight excluding hydrogens is 450 g/mol. The van der Waals surface area contributed by atoms with Crippen molar-refractivity contribution >= 4 is 54.6 Å². The van der Waals surface area contributed by atoms with Crippen molar-refractivity contribution in [3.05, 3.63) is 16.6 Å². The molecule has 3 rings (SSSR count). The summed E-state index contributed by atoms with van der Waals surface area (Å²) < 4.78 is 33.2. The Morgan fingerprint density at radius 2 is 1.93 bits per heavy atom. The number of nitrogens with one attached hydrogen (secondary N) is 1. The molecule has 0 unspecified atom stereocenters. The van der Waals surface area contributed by atoms with Gasteiger partial charge in [-0.3, -0.25) is 4.79 Å². The Labute approximate surface area is 191 Å². The van der Waals surface area contributed by atoms with E-state index in [-0.39, 0.29) is 51.0 Å². The van der Waals surface area contributed by atoms with Crippen LogP contribution in [0, 0.1) is 0 Å². The summed E-state index contributed by atoms with van der Waals surface area (Å²) in [4.78, 5) is 13.5. The number of carbonyl (C=O) groups excluding carboxylic acids is 1. The number of amides is 1. The van der Waals surface area contributed by atoms with Gasteiger partial charge in [0.25, 0.3) is 16.1 Å². The number of piperidine rings is 2. The Balaban J connectivity index is 0.00000210. The molecule has 0 bridgehead atoms. The van der Waals surface area contributed by atoms with Crippen LogP contribution in [0.15, 0.2) is 6.07 Å². The van der Waals surface area contributed by atoms with Crippen molar-refractivity contribution in [2.75, 3.05) is 19.6 Å². The van der Waals surface area contributed by atoms with Crippen molar-refractivity contribution in [1.29, 1.82) is 0 Å². The smallest absolute Gasteiger partial charge is 0.282 e. The van der Waals surface area contributed by atoms with Crippen molar-refractivity contribution in [3.8, 4) is 0 Å². The fraction of sp³-hybridized carbons (Fsp3) is 0.765. The Morgan fingerprint density at radius 3 is 2.48 bits per heavy atom. The van der Waals surface area contributed by atoms with E-state index in [2.05, 4.69) is 9.69 Å². The molecule has 12 heteroatoms. The maximum atomic E-state index is 13.0. The maximum Gasteiger partial charge on any atom is 0.282 e. The number of hydrogen-bond donors (Lipinski definition) is 2. The van der Waals surface area contributed by atoms with E-state index < -0.39 is 10.2 Å². The number of carbonyl (C=O) groups is 1. The minimum Gasteiger partial charge on any atom is -0.348 e. The normalized spacial score (nSPS) is 24.4. The second-order valence-corrected chi connectivity index (χ2v) is 10.2. The average molecular weight is 484 g/mol. The molecule has 2 fully saturated rings. The molecule has 2 aliphatic heterocycles. The summed E-state index contributed by atoms with van der Waals surface area (Å²) in [6.07, 6.45) is 3.47. The number of hydrogen-bond acceptors (Lipinski definition) is 6. The summed E-state index contributed by atoms with van der Waals surface area (Å²) in [6, 6.07) is 1.71. The van der Waals surface area contributed by atoms with Crippen molar-refractivity contribution in [2.24, 2.45) is 5.73 Å². The maximum absolute atomic E-state index is 13.0. The molecule has 0 aliphatic carbocycles. The van der Waals surface area contributed by atoms with Gasteiger partial charge in [0.05, 0.1) is 0 Å². The van der Waals surface area contributed by atoms with Crippen molar-refractivity contribution in [3.63, 3.8) is 0 Å². The predicted octanol–water partition coefficient (Wildman–Crippen LogP) is 1.18. The molecule has 2 aliphatic rings. The van der Waals surface area contributed by atoms with E-state index in [0.29, 0.717) is 51.0 Å². The standard InChI is InChI=1S/C17H29N5O3S2.2H2S/c1-3-15-11-16(20-26-15)17(23)19-14-6-9-22(12(2)10-14)27(24,25)21-7-4-13(18)5-8-21;;/h11-14H,3-10,18H2,1-2H3,(H,19,23);2*1H2/t12-,14-;;/m0../s1. The Hall–Kier alpha value is -0.370. The molecule has 3 heterocycles. The van der Waals surface area contributed by atoms with Gasteiger partial charge in [-0.05, 0) is 56.6 Å². The van der Waals surface area contributed by atoms with Crippen LogP contribution in [0.5, 0.6) is 0 Å². The number of nitrogens with zero attached hydrogens (tertiary/aromatic N) is 3. The van der Waals surface area contributed by atoms with E-state index in [1.807, 2.05) is 19.9 Å². The van der Waals surface area contributed by atoms with E-state index in [1.54, 1.807) is 8.61 Å². The Morgan fingerprint density at radius 1 is 1.28 bits per heavy atom. The molecule has 2 atom stereocenters. The zero-order valence-electron chi connectivity index (χ0n) is 16.9. The van der Waals surface area contributed by atoms with Gasteiger partial charge in [-0.15, -0.1) is 0 Å². The molecule has 0 aromatic carbocycles. The van der Waals surface area contributed by atoms with Crippen LogP contribution in [0.3, 0.4) is 0 Å². The molecule has 0 saturated carbocycles. The summed E-state index contributed by atoms with van der Waals surface area (Å²) in [5.74, 6) is -0.176. The Bertz CT molecular complexity index is 765. The first-order chi connectivity index (χ1) is 12.8. The number of nitrogens with two attached hydrogens (primary N) is 1. The van der Waals surface area contributed by atoms with Gasteiger partial charge in [-0.1, -0.05) is 6.92 Å². The molecule has 3 N–H and O–H groups in total.